The second kappa shape index (κ2) is 7.17. The zero-order valence-corrected chi connectivity index (χ0v) is 14.0. The number of anilines is 1. The normalized spacial score (nSPS) is 10.8. The Morgan fingerprint density at radius 2 is 1.83 bits per heavy atom. The van der Waals surface area contributed by atoms with Gasteiger partial charge in [0.1, 0.15) is 11.4 Å². The lowest BCUT2D eigenvalue weighted by Crippen LogP contribution is -2.05. The van der Waals surface area contributed by atoms with E-state index in [1.54, 1.807) is 13.4 Å². The summed E-state index contributed by atoms with van der Waals surface area (Å²) in [6.07, 6.45) is 4.65. The van der Waals surface area contributed by atoms with Crippen molar-refractivity contribution in [1.29, 1.82) is 0 Å². The number of rotatable bonds is 6. The molecule has 0 atom stereocenters. The number of nitrogens with two attached hydrogens (primary N) is 1. The van der Waals surface area contributed by atoms with Crippen molar-refractivity contribution in [1.82, 2.24) is 9.97 Å². The van der Waals surface area contributed by atoms with Crippen LogP contribution in [0.15, 0.2) is 47.1 Å². The van der Waals surface area contributed by atoms with Gasteiger partial charge in [-0.15, -0.1) is 0 Å². The van der Waals surface area contributed by atoms with Crippen LogP contribution < -0.4 is 10.5 Å². The SMILES string of the molecule is CCCCc1c(-c2ccc(OC)cc2)nc(N)nc1-c1ccco1. The molecule has 0 amide bonds. The molecule has 0 aliphatic rings. The maximum Gasteiger partial charge on any atom is 0.221 e. The molecule has 0 aliphatic heterocycles. The highest BCUT2D eigenvalue weighted by molar-refractivity contribution is 5.73. The minimum Gasteiger partial charge on any atom is -0.497 e. The van der Waals surface area contributed by atoms with E-state index in [1.807, 2.05) is 36.4 Å². The van der Waals surface area contributed by atoms with E-state index in [0.717, 1.165) is 47.5 Å². The lowest BCUT2D eigenvalue weighted by molar-refractivity contribution is 0.415. The molecular formula is C19H21N3O2. The molecule has 0 unspecified atom stereocenters. The highest BCUT2D eigenvalue weighted by Gasteiger charge is 2.18. The van der Waals surface area contributed by atoms with Crippen molar-refractivity contribution in [3.8, 4) is 28.5 Å². The summed E-state index contributed by atoms with van der Waals surface area (Å²) in [5.74, 6) is 1.76. The van der Waals surface area contributed by atoms with Gasteiger partial charge in [0, 0.05) is 11.1 Å². The van der Waals surface area contributed by atoms with E-state index in [9.17, 15) is 0 Å². The summed E-state index contributed by atoms with van der Waals surface area (Å²) in [7, 11) is 1.65. The minimum atomic E-state index is 0.243. The Balaban J connectivity index is 2.15. The van der Waals surface area contributed by atoms with Crippen molar-refractivity contribution in [2.45, 2.75) is 26.2 Å². The summed E-state index contributed by atoms with van der Waals surface area (Å²) in [5.41, 5.74) is 9.64. The quantitative estimate of drug-likeness (QED) is 0.730. The summed E-state index contributed by atoms with van der Waals surface area (Å²) in [5, 5.41) is 0. The zero-order valence-electron chi connectivity index (χ0n) is 14.0. The Hall–Kier alpha value is -2.82. The summed E-state index contributed by atoms with van der Waals surface area (Å²) in [6, 6.07) is 11.6. The molecule has 0 bridgehead atoms. The third-order valence-corrected chi connectivity index (χ3v) is 3.92. The van der Waals surface area contributed by atoms with Gasteiger partial charge in [0.2, 0.25) is 5.95 Å². The van der Waals surface area contributed by atoms with E-state index in [4.69, 9.17) is 14.9 Å². The molecule has 0 radical (unpaired) electrons. The van der Waals surface area contributed by atoms with E-state index in [0.29, 0.717) is 5.76 Å². The molecule has 0 fully saturated rings. The molecule has 2 heterocycles. The molecule has 5 nitrogen and oxygen atoms in total. The second-order valence-electron chi connectivity index (χ2n) is 5.57. The number of methoxy groups -OCH3 is 1. The molecule has 0 saturated carbocycles. The molecule has 0 saturated heterocycles. The van der Waals surface area contributed by atoms with Gasteiger partial charge in [-0.3, -0.25) is 0 Å². The Morgan fingerprint density at radius 3 is 2.46 bits per heavy atom. The maximum absolute atomic E-state index is 5.97. The third-order valence-electron chi connectivity index (χ3n) is 3.92. The average Bonchev–Trinajstić information content (AvgIpc) is 3.14. The van der Waals surface area contributed by atoms with E-state index < -0.39 is 0 Å². The Kier molecular flexibility index (Phi) is 4.79. The van der Waals surface area contributed by atoms with Crippen LogP contribution >= 0.6 is 0 Å². The molecule has 2 N–H and O–H groups in total. The molecule has 0 aliphatic carbocycles. The molecule has 5 heteroatoms. The largest absolute Gasteiger partial charge is 0.497 e. The Labute approximate surface area is 141 Å². The third kappa shape index (κ3) is 3.25. The van der Waals surface area contributed by atoms with E-state index in [-0.39, 0.29) is 5.95 Å². The summed E-state index contributed by atoms with van der Waals surface area (Å²) >= 11 is 0. The van der Waals surface area contributed by atoms with Gasteiger partial charge < -0.3 is 14.9 Å². The van der Waals surface area contributed by atoms with E-state index in [1.165, 1.54) is 0 Å². The minimum absolute atomic E-state index is 0.243. The average molecular weight is 323 g/mol. The van der Waals surface area contributed by atoms with Crippen molar-refractivity contribution in [2.75, 3.05) is 12.8 Å². The zero-order chi connectivity index (χ0) is 16.9. The molecule has 3 rings (SSSR count). The molecule has 1 aromatic carbocycles. The topological polar surface area (TPSA) is 74.2 Å². The Bertz CT molecular complexity index is 796. The second-order valence-corrected chi connectivity index (χ2v) is 5.57. The highest BCUT2D eigenvalue weighted by Crippen LogP contribution is 2.32. The van der Waals surface area contributed by atoms with Crippen molar-refractivity contribution in [2.24, 2.45) is 0 Å². The van der Waals surface area contributed by atoms with Gasteiger partial charge in [-0.05, 0) is 49.2 Å². The number of furan rings is 1. The van der Waals surface area contributed by atoms with E-state index >= 15 is 0 Å². The molecular weight excluding hydrogens is 302 g/mol. The summed E-state index contributed by atoms with van der Waals surface area (Å²) in [6.45, 7) is 2.16. The highest BCUT2D eigenvalue weighted by atomic mass is 16.5. The summed E-state index contributed by atoms with van der Waals surface area (Å²) < 4.78 is 10.8. The van der Waals surface area contributed by atoms with Crippen LogP contribution in [0.5, 0.6) is 5.75 Å². The first kappa shape index (κ1) is 16.1. The smallest absolute Gasteiger partial charge is 0.221 e. The van der Waals surface area contributed by atoms with Crippen LogP contribution in [0.25, 0.3) is 22.7 Å². The lowest BCUT2D eigenvalue weighted by Gasteiger charge is -2.13. The molecule has 24 heavy (non-hydrogen) atoms. The van der Waals surface area contributed by atoms with Crippen LogP contribution in [0.2, 0.25) is 0 Å². The lowest BCUT2D eigenvalue weighted by atomic mass is 9.98. The van der Waals surface area contributed by atoms with Crippen LogP contribution in [-0.4, -0.2) is 17.1 Å². The van der Waals surface area contributed by atoms with E-state index in [2.05, 4.69) is 16.9 Å². The number of nitrogen functional groups attached to an aromatic ring is 1. The number of ether oxygens (including phenoxy) is 1. The fourth-order valence-electron chi connectivity index (χ4n) is 2.70. The van der Waals surface area contributed by atoms with Crippen LogP contribution in [0.4, 0.5) is 5.95 Å². The molecule has 124 valence electrons. The van der Waals surface area contributed by atoms with Gasteiger partial charge >= 0.3 is 0 Å². The predicted molar refractivity (Wildman–Crippen MR) is 94.7 cm³/mol. The van der Waals surface area contributed by atoms with Crippen molar-refractivity contribution >= 4 is 5.95 Å². The molecule has 0 spiro atoms. The first-order valence-corrected chi connectivity index (χ1v) is 8.07. The fraction of sp³-hybridized carbons (Fsp3) is 0.263. The fourth-order valence-corrected chi connectivity index (χ4v) is 2.70. The number of aromatic nitrogens is 2. The Morgan fingerprint density at radius 1 is 1.08 bits per heavy atom. The van der Waals surface area contributed by atoms with Gasteiger partial charge in [0.15, 0.2) is 5.76 Å². The van der Waals surface area contributed by atoms with Crippen LogP contribution in [0, 0.1) is 0 Å². The number of hydrogen-bond acceptors (Lipinski definition) is 5. The van der Waals surface area contributed by atoms with Crippen molar-refractivity contribution < 1.29 is 9.15 Å². The van der Waals surface area contributed by atoms with Gasteiger partial charge in [0.05, 0.1) is 19.1 Å². The number of benzene rings is 1. The van der Waals surface area contributed by atoms with Crippen LogP contribution in [-0.2, 0) is 6.42 Å². The molecule has 2 aromatic heterocycles. The van der Waals surface area contributed by atoms with Gasteiger partial charge in [-0.1, -0.05) is 13.3 Å². The summed E-state index contributed by atoms with van der Waals surface area (Å²) in [4.78, 5) is 8.94. The van der Waals surface area contributed by atoms with Crippen LogP contribution in [0.3, 0.4) is 0 Å². The molecule has 3 aromatic rings. The van der Waals surface area contributed by atoms with Crippen molar-refractivity contribution in [3.63, 3.8) is 0 Å². The van der Waals surface area contributed by atoms with Gasteiger partial charge in [-0.2, -0.15) is 0 Å². The number of hydrogen-bond donors (Lipinski definition) is 1. The standard InChI is InChI=1S/C19H21N3O2/c1-3-4-6-15-17(13-8-10-14(23-2)11-9-13)21-19(20)22-18(15)16-7-5-12-24-16/h5,7-12H,3-4,6H2,1-2H3,(H2,20,21,22). The first-order chi connectivity index (χ1) is 11.7. The predicted octanol–water partition coefficient (Wildman–Crippen LogP) is 4.34. The van der Waals surface area contributed by atoms with Gasteiger partial charge in [0.25, 0.3) is 0 Å². The van der Waals surface area contributed by atoms with Crippen LogP contribution in [0.1, 0.15) is 25.3 Å². The number of nitrogens with zero attached hydrogens (tertiary/aromatic N) is 2. The first-order valence-electron chi connectivity index (χ1n) is 8.07. The number of unbranched alkanes of at least 4 members (excludes halogenated alkanes) is 1. The monoisotopic (exact) mass is 323 g/mol. The maximum atomic E-state index is 5.97. The van der Waals surface area contributed by atoms with Gasteiger partial charge in [-0.25, -0.2) is 9.97 Å². The van der Waals surface area contributed by atoms with Crippen molar-refractivity contribution in [3.05, 3.63) is 48.2 Å².